The number of ether oxygens (including phenoxy) is 2. The molecule has 0 unspecified atom stereocenters. The highest BCUT2D eigenvalue weighted by molar-refractivity contribution is 5.51. The van der Waals surface area contributed by atoms with Crippen molar-refractivity contribution in [2.45, 2.75) is 39.2 Å². The van der Waals surface area contributed by atoms with Crippen molar-refractivity contribution in [3.8, 4) is 30.1 Å². The summed E-state index contributed by atoms with van der Waals surface area (Å²) in [5, 5.41) is 9.19. The average molecular weight is 503 g/mol. The van der Waals surface area contributed by atoms with E-state index >= 15 is 0 Å². The van der Waals surface area contributed by atoms with E-state index in [0.29, 0.717) is 12.4 Å². The monoisotopic (exact) mass is 502 g/mol. The van der Waals surface area contributed by atoms with Crippen molar-refractivity contribution in [1.82, 2.24) is 4.90 Å². The third kappa shape index (κ3) is 10.1. The van der Waals surface area contributed by atoms with E-state index in [9.17, 15) is 5.11 Å². The maximum absolute atomic E-state index is 9.19. The maximum atomic E-state index is 9.19. The largest absolute Gasteiger partial charge is 0.508 e. The lowest BCUT2D eigenvalue weighted by molar-refractivity contribution is 0.261. The van der Waals surface area contributed by atoms with Crippen LogP contribution in [0, 0.1) is 12.8 Å². The van der Waals surface area contributed by atoms with E-state index in [1.165, 1.54) is 41.6 Å². The predicted octanol–water partition coefficient (Wildman–Crippen LogP) is 6.18. The molecule has 1 aliphatic carbocycles. The van der Waals surface area contributed by atoms with E-state index in [-0.39, 0.29) is 0 Å². The van der Waals surface area contributed by atoms with Gasteiger partial charge in [0.2, 0.25) is 0 Å². The zero-order chi connectivity index (χ0) is 27.0. The highest BCUT2D eigenvalue weighted by atomic mass is 16.5. The molecular formula is C32H42N2O3. The Morgan fingerprint density at radius 2 is 1.57 bits per heavy atom. The number of rotatable bonds is 9. The van der Waals surface area contributed by atoms with E-state index in [2.05, 4.69) is 53.8 Å². The van der Waals surface area contributed by atoms with Crippen molar-refractivity contribution in [2.24, 2.45) is 0 Å². The minimum Gasteiger partial charge on any atom is -0.508 e. The Labute approximate surface area is 223 Å². The molecule has 0 amide bonds. The summed E-state index contributed by atoms with van der Waals surface area (Å²) in [5.41, 5.74) is 5.20. The highest BCUT2D eigenvalue weighted by Gasteiger charge is 2.09. The quantitative estimate of drug-likeness (QED) is 0.354. The third-order valence-electron chi connectivity index (χ3n) is 6.24. The Balaban J connectivity index is 0.000000306. The first-order valence-electron chi connectivity index (χ1n) is 12.9. The third-order valence-corrected chi connectivity index (χ3v) is 6.24. The van der Waals surface area contributed by atoms with Gasteiger partial charge in [0.1, 0.15) is 23.9 Å². The lowest BCUT2D eigenvalue weighted by atomic mass is 9.92. The first-order valence-corrected chi connectivity index (χ1v) is 12.9. The summed E-state index contributed by atoms with van der Waals surface area (Å²) in [4.78, 5) is 4.44. The molecule has 0 radical (unpaired) electrons. The Morgan fingerprint density at radius 3 is 2.22 bits per heavy atom. The molecule has 1 N–H and O–H groups in total. The average Bonchev–Trinajstić information content (AvgIpc) is 2.93. The van der Waals surface area contributed by atoms with Gasteiger partial charge in [0.05, 0.1) is 7.11 Å². The fraction of sp³-hybridized carbons (Fsp3) is 0.375. The molecule has 4 rings (SSSR count). The van der Waals surface area contributed by atoms with Crippen LogP contribution in [0.2, 0.25) is 0 Å². The number of terminal acetylenes is 1. The van der Waals surface area contributed by atoms with Crippen molar-refractivity contribution in [2.75, 3.05) is 45.8 Å². The normalized spacial score (nSPS) is 11.8. The van der Waals surface area contributed by atoms with Crippen molar-refractivity contribution < 1.29 is 14.6 Å². The number of methoxy groups -OCH3 is 1. The van der Waals surface area contributed by atoms with Crippen LogP contribution < -0.4 is 14.4 Å². The van der Waals surface area contributed by atoms with Crippen molar-refractivity contribution in [3.05, 3.63) is 83.4 Å². The molecule has 1 aliphatic rings. The zero-order valence-electron chi connectivity index (χ0n) is 22.8. The van der Waals surface area contributed by atoms with Gasteiger partial charge in [-0.2, -0.15) is 0 Å². The first kappa shape index (κ1) is 29.6. The van der Waals surface area contributed by atoms with Crippen LogP contribution in [0.3, 0.4) is 0 Å². The lowest BCUT2D eigenvalue weighted by Crippen LogP contribution is -2.22. The Kier molecular flexibility index (Phi) is 13.0. The molecular weight excluding hydrogens is 460 g/mol. The fourth-order valence-electron chi connectivity index (χ4n) is 4.17. The van der Waals surface area contributed by atoms with Gasteiger partial charge in [-0.05, 0) is 99.8 Å². The molecule has 3 aromatic carbocycles. The smallest absolute Gasteiger partial charge is 0.120 e. The number of aromatic hydroxyl groups is 1. The first-order chi connectivity index (χ1) is 18.0. The van der Waals surface area contributed by atoms with Crippen molar-refractivity contribution >= 4 is 5.69 Å². The van der Waals surface area contributed by atoms with E-state index in [1.807, 2.05) is 50.5 Å². The van der Waals surface area contributed by atoms with Gasteiger partial charge in [-0.3, -0.25) is 0 Å². The second-order valence-electron chi connectivity index (χ2n) is 9.17. The molecule has 5 nitrogen and oxygen atoms in total. The van der Waals surface area contributed by atoms with Crippen LogP contribution in [0.25, 0.3) is 0 Å². The van der Waals surface area contributed by atoms with E-state index in [0.717, 1.165) is 37.6 Å². The summed E-state index contributed by atoms with van der Waals surface area (Å²) >= 11 is 0. The van der Waals surface area contributed by atoms with Crippen LogP contribution in [0.4, 0.5) is 5.69 Å². The molecule has 0 heterocycles. The van der Waals surface area contributed by atoms with Crippen LogP contribution in [-0.4, -0.2) is 50.9 Å². The number of phenols is 1. The summed E-state index contributed by atoms with van der Waals surface area (Å²) < 4.78 is 11.1. The van der Waals surface area contributed by atoms with Gasteiger partial charge in [0.15, 0.2) is 0 Å². The van der Waals surface area contributed by atoms with Crippen molar-refractivity contribution in [1.29, 1.82) is 0 Å². The summed E-state index contributed by atoms with van der Waals surface area (Å²) in [6.45, 7) is 5.59. The number of fused-ring (bicyclic) bond motifs is 1. The number of likely N-dealkylation sites (N-methyl/N-ethyl adjacent to an activating group) is 1. The number of benzene rings is 3. The van der Waals surface area contributed by atoms with E-state index in [4.69, 9.17) is 9.47 Å². The Bertz CT molecular complexity index is 1080. The number of hydrogen-bond donors (Lipinski definition) is 1. The predicted molar refractivity (Wildman–Crippen MR) is 155 cm³/mol. The van der Waals surface area contributed by atoms with Gasteiger partial charge >= 0.3 is 0 Å². The molecule has 0 atom stereocenters. The van der Waals surface area contributed by atoms with Gasteiger partial charge in [-0.1, -0.05) is 24.3 Å². The zero-order valence-corrected chi connectivity index (χ0v) is 22.8. The number of phenolic OH excluding ortho intramolecular Hbond substituents is 1. The fourth-order valence-corrected chi connectivity index (χ4v) is 4.17. The number of hydrogen-bond acceptors (Lipinski definition) is 5. The van der Waals surface area contributed by atoms with Crippen LogP contribution in [0.1, 0.15) is 36.5 Å². The van der Waals surface area contributed by atoms with E-state index in [1.54, 1.807) is 13.2 Å². The minimum absolute atomic E-state index is 0.408. The molecule has 0 saturated heterocycles. The Hall–Kier alpha value is -3.62. The molecule has 0 aliphatic heterocycles. The number of nitrogens with zero attached hydrogens (tertiary/aromatic N) is 2. The summed E-state index contributed by atoms with van der Waals surface area (Å²) in [6, 6.07) is 22.3. The lowest BCUT2D eigenvalue weighted by Gasteiger charge is -2.24. The molecule has 5 heteroatoms. The van der Waals surface area contributed by atoms with Crippen LogP contribution in [-0.2, 0) is 19.4 Å². The molecule has 0 aromatic heterocycles. The molecule has 37 heavy (non-hydrogen) atoms. The van der Waals surface area contributed by atoms with Gasteiger partial charge in [0.25, 0.3) is 0 Å². The molecule has 0 fully saturated rings. The molecule has 0 saturated carbocycles. The van der Waals surface area contributed by atoms with Gasteiger partial charge in [-0.25, -0.2) is 0 Å². The second-order valence-corrected chi connectivity index (χ2v) is 9.17. The SMILES string of the molecule is C#C.CCN(Cc1ccc(OCCN(C)C)cc1)c1cccc(OC)c1.Oc1ccc2c(c1)CCCC2. The Morgan fingerprint density at radius 1 is 0.865 bits per heavy atom. The summed E-state index contributed by atoms with van der Waals surface area (Å²) in [7, 11) is 5.79. The maximum Gasteiger partial charge on any atom is 0.120 e. The van der Waals surface area contributed by atoms with Crippen LogP contribution in [0.5, 0.6) is 17.2 Å². The second kappa shape index (κ2) is 16.2. The van der Waals surface area contributed by atoms with Gasteiger partial charge < -0.3 is 24.4 Å². The topological polar surface area (TPSA) is 45.2 Å². The molecule has 3 aromatic rings. The standard InChI is InChI=1S/C20H28N2O2.C10H12O.C2H2/c1-5-22(18-7-6-8-20(15-18)23-4)16-17-9-11-19(12-10-17)24-14-13-21(2)3;11-10-6-5-8-3-1-2-4-9(8)7-10;1-2/h6-12,15H,5,13-14,16H2,1-4H3;5-7,11H,1-4H2;1-2H. The number of anilines is 1. The van der Waals surface area contributed by atoms with E-state index < -0.39 is 0 Å². The minimum atomic E-state index is 0.408. The van der Waals surface area contributed by atoms with Crippen LogP contribution in [0.15, 0.2) is 66.7 Å². The summed E-state index contributed by atoms with van der Waals surface area (Å²) in [5.74, 6) is 2.21. The molecule has 0 spiro atoms. The highest BCUT2D eigenvalue weighted by Crippen LogP contribution is 2.25. The molecule has 198 valence electrons. The molecule has 0 bridgehead atoms. The van der Waals surface area contributed by atoms with Crippen molar-refractivity contribution in [3.63, 3.8) is 0 Å². The van der Waals surface area contributed by atoms with Gasteiger partial charge in [0, 0.05) is 31.4 Å². The van der Waals surface area contributed by atoms with Gasteiger partial charge in [-0.15, -0.1) is 12.8 Å². The summed E-state index contributed by atoms with van der Waals surface area (Å²) in [6.07, 6.45) is 12.9. The number of aryl methyl sites for hydroxylation is 2. The van der Waals surface area contributed by atoms with Crippen LogP contribution >= 0.6 is 0 Å².